The molecule has 0 fully saturated rings. The molecule has 1 amide bonds. The van der Waals surface area contributed by atoms with E-state index in [1.165, 1.54) is 5.38 Å². The minimum atomic E-state index is -0.619. The van der Waals surface area contributed by atoms with Crippen LogP contribution in [0.5, 0.6) is 0 Å². The molecule has 1 aromatic rings. The van der Waals surface area contributed by atoms with Crippen molar-refractivity contribution in [3.63, 3.8) is 0 Å². The van der Waals surface area contributed by atoms with Crippen LogP contribution in [0.15, 0.2) is 5.38 Å². The van der Waals surface area contributed by atoms with Crippen LogP contribution in [0.3, 0.4) is 0 Å². The Morgan fingerprint density at radius 3 is 3.00 bits per heavy atom. The van der Waals surface area contributed by atoms with E-state index in [2.05, 4.69) is 10.3 Å². The highest BCUT2D eigenvalue weighted by Crippen LogP contribution is 2.19. The normalized spacial score (nSPS) is 9.09. The minimum Gasteiger partial charge on any atom is -0.358 e. The van der Waals surface area contributed by atoms with Crippen molar-refractivity contribution in [3.8, 4) is 0 Å². The molecule has 0 aliphatic carbocycles. The molecule has 1 rings (SSSR count). The molecule has 0 bridgehead atoms. The van der Waals surface area contributed by atoms with E-state index in [4.69, 9.17) is 0 Å². The van der Waals surface area contributed by atoms with Crippen molar-refractivity contribution >= 4 is 28.7 Å². The highest BCUT2D eigenvalue weighted by atomic mass is 32.1. The summed E-state index contributed by atoms with van der Waals surface area (Å²) in [5, 5.41) is 13.7. The van der Waals surface area contributed by atoms with E-state index >= 15 is 0 Å². The van der Waals surface area contributed by atoms with Crippen LogP contribution in [0.2, 0.25) is 0 Å². The predicted molar refractivity (Wildman–Crippen MR) is 38.5 cm³/mol. The second-order valence-electron chi connectivity index (χ2n) is 1.53. The molecule has 1 aromatic heterocycles. The summed E-state index contributed by atoms with van der Waals surface area (Å²) in [4.78, 5) is 22.7. The van der Waals surface area contributed by atoms with Crippen LogP contribution in [0, 0.1) is 10.1 Å². The van der Waals surface area contributed by atoms with Crippen molar-refractivity contribution in [2.75, 3.05) is 5.32 Å². The van der Waals surface area contributed by atoms with Gasteiger partial charge in [-0.15, -0.1) is 0 Å². The van der Waals surface area contributed by atoms with Gasteiger partial charge in [-0.3, -0.25) is 10.1 Å². The summed E-state index contributed by atoms with van der Waals surface area (Å²) in [7, 11) is 0. The molecule has 0 unspecified atom stereocenters. The molecule has 0 aliphatic rings. The van der Waals surface area contributed by atoms with Gasteiger partial charge in [-0.1, -0.05) is 11.3 Å². The maximum atomic E-state index is 10.1. The summed E-state index contributed by atoms with van der Waals surface area (Å²) in [5.41, 5.74) is 0. The van der Waals surface area contributed by atoms with Crippen LogP contribution in [0.4, 0.5) is 10.9 Å². The monoisotopic (exact) mass is 173 g/mol. The van der Waals surface area contributed by atoms with Crippen molar-refractivity contribution in [1.29, 1.82) is 0 Å². The first-order valence-electron chi connectivity index (χ1n) is 2.54. The maximum absolute atomic E-state index is 10.1. The first-order chi connectivity index (χ1) is 5.24. The lowest BCUT2D eigenvalue weighted by Gasteiger charge is -1.82. The lowest BCUT2D eigenvalue weighted by Crippen LogP contribution is -1.93. The van der Waals surface area contributed by atoms with Gasteiger partial charge in [0.1, 0.15) is 0 Å². The SMILES string of the molecule is O=CNc1nc([N+](=O)[O-])cs1. The first-order valence-corrected chi connectivity index (χ1v) is 3.42. The summed E-state index contributed by atoms with van der Waals surface area (Å²) in [6.45, 7) is 0. The van der Waals surface area contributed by atoms with Gasteiger partial charge in [-0.05, 0) is 9.91 Å². The maximum Gasteiger partial charge on any atom is 0.376 e. The Kier molecular flexibility index (Phi) is 2.12. The molecule has 58 valence electrons. The summed E-state index contributed by atoms with van der Waals surface area (Å²) in [5.74, 6) is -0.251. The lowest BCUT2D eigenvalue weighted by molar-refractivity contribution is -0.389. The number of carbonyl (C=O) groups is 1. The fourth-order valence-corrected chi connectivity index (χ4v) is 1.08. The van der Waals surface area contributed by atoms with E-state index in [9.17, 15) is 14.9 Å². The van der Waals surface area contributed by atoms with E-state index in [1.54, 1.807) is 0 Å². The van der Waals surface area contributed by atoms with Crippen LogP contribution in [-0.2, 0) is 4.79 Å². The number of amides is 1. The van der Waals surface area contributed by atoms with Crippen molar-refractivity contribution in [1.82, 2.24) is 4.98 Å². The number of nitro groups is 1. The van der Waals surface area contributed by atoms with Crippen LogP contribution < -0.4 is 5.32 Å². The number of thiazole rings is 1. The van der Waals surface area contributed by atoms with E-state index in [-0.39, 0.29) is 10.9 Å². The molecule has 11 heavy (non-hydrogen) atoms. The molecule has 0 radical (unpaired) electrons. The number of carbonyl (C=O) groups excluding carboxylic acids is 1. The van der Waals surface area contributed by atoms with Crippen LogP contribution in [0.25, 0.3) is 0 Å². The van der Waals surface area contributed by atoms with Crippen LogP contribution in [0.1, 0.15) is 0 Å². The summed E-state index contributed by atoms with van der Waals surface area (Å²) in [6, 6.07) is 0. The fraction of sp³-hybridized carbons (Fsp3) is 0. The largest absolute Gasteiger partial charge is 0.376 e. The third-order valence-corrected chi connectivity index (χ3v) is 1.62. The van der Waals surface area contributed by atoms with Crippen molar-refractivity contribution in [2.24, 2.45) is 0 Å². The third kappa shape index (κ3) is 1.71. The van der Waals surface area contributed by atoms with E-state index in [1.807, 2.05) is 0 Å². The quantitative estimate of drug-likeness (QED) is 0.412. The smallest absolute Gasteiger partial charge is 0.358 e. The molecule has 0 aromatic carbocycles. The van der Waals surface area contributed by atoms with E-state index < -0.39 is 4.92 Å². The highest BCUT2D eigenvalue weighted by molar-refractivity contribution is 7.14. The number of nitrogens with zero attached hydrogens (tertiary/aromatic N) is 2. The molecule has 0 saturated heterocycles. The minimum absolute atomic E-state index is 0.228. The van der Waals surface area contributed by atoms with Gasteiger partial charge in [-0.2, -0.15) is 0 Å². The third-order valence-electron chi connectivity index (χ3n) is 0.862. The number of aromatic nitrogens is 1. The Balaban J connectivity index is 2.81. The van der Waals surface area contributed by atoms with Gasteiger partial charge in [0.15, 0.2) is 0 Å². The van der Waals surface area contributed by atoms with Gasteiger partial charge in [0.25, 0.3) is 0 Å². The first kappa shape index (κ1) is 7.61. The zero-order valence-electron chi connectivity index (χ0n) is 5.18. The van der Waals surface area contributed by atoms with Gasteiger partial charge in [-0.25, -0.2) is 0 Å². The molecule has 0 spiro atoms. The number of anilines is 1. The Bertz CT molecular complexity index is 284. The predicted octanol–water partition coefficient (Wildman–Crippen LogP) is 0.620. The topological polar surface area (TPSA) is 85.1 Å². The van der Waals surface area contributed by atoms with Crippen molar-refractivity contribution in [3.05, 3.63) is 15.5 Å². The molecule has 6 nitrogen and oxygen atoms in total. The lowest BCUT2D eigenvalue weighted by atomic mass is 10.8. The summed E-state index contributed by atoms with van der Waals surface area (Å²) < 4.78 is 0. The number of rotatable bonds is 3. The van der Waals surface area contributed by atoms with Crippen LogP contribution in [-0.4, -0.2) is 16.3 Å². The Labute approximate surface area is 65.0 Å². The average molecular weight is 173 g/mol. The van der Waals surface area contributed by atoms with Gasteiger partial charge >= 0.3 is 10.9 Å². The van der Waals surface area contributed by atoms with E-state index in [0.717, 1.165) is 11.3 Å². The second-order valence-corrected chi connectivity index (χ2v) is 2.39. The standard InChI is InChI=1S/C4H3N3O3S/c8-2-5-4-6-3(1-11-4)7(9)10/h1-2H,(H,5,6,8). The van der Waals surface area contributed by atoms with Gasteiger partial charge in [0.05, 0.1) is 5.38 Å². The zero-order valence-corrected chi connectivity index (χ0v) is 6.00. The molecule has 0 aliphatic heterocycles. The Hall–Kier alpha value is -1.50. The molecule has 1 N–H and O–H groups in total. The molecule has 0 atom stereocenters. The van der Waals surface area contributed by atoms with Gasteiger partial charge < -0.3 is 10.1 Å². The molecule has 7 heteroatoms. The van der Waals surface area contributed by atoms with Gasteiger partial charge in [0, 0.05) is 0 Å². The molecule has 1 heterocycles. The Morgan fingerprint density at radius 1 is 1.82 bits per heavy atom. The molecular weight excluding hydrogens is 170 g/mol. The summed E-state index contributed by atoms with van der Waals surface area (Å²) >= 11 is 1.01. The Morgan fingerprint density at radius 2 is 2.55 bits per heavy atom. The second kappa shape index (κ2) is 3.06. The van der Waals surface area contributed by atoms with Crippen LogP contribution >= 0.6 is 11.3 Å². The number of hydrogen-bond acceptors (Lipinski definition) is 5. The fourth-order valence-electron chi connectivity index (χ4n) is 0.466. The van der Waals surface area contributed by atoms with E-state index in [0.29, 0.717) is 6.41 Å². The highest BCUT2D eigenvalue weighted by Gasteiger charge is 2.11. The average Bonchev–Trinajstić information content (AvgIpc) is 2.37. The molecular formula is C4H3N3O3S. The summed E-state index contributed by atoms with van der Waals surface area (Å²) in [6.07, 6.45) is 0.419. The molecule has 0 saturated carbocycles. The van der Waals surface area contributed by atoms with Gasteiger partial charge in [0.2, 0.25) is 6.41 Å². The number of nitrogens with one attached hydrogen (secondary N) is 1. The zero-order chi connectivity index (χ0) is 8.27. The van der Waals surface area contributed by atoms with Crippen molar-refractivity contribution in [2.45, 2.75) is 0 Å². The van der Waals surface area contributed by atoms with Crippen molar-refractivity contribution < 1.29 is 9.72 Å². The number of hydrogen-bond donors (Lipinski definition) is 1.